The third kappa shape index (κ3) is 2.59. The van der Waals surface area contributed by atoms with E-state index in [1.165, 1.54) is 16.8 Å². The average molecular weight is 368 g/mol. The van der Waals surface area contributed by atoms with Crippen molar-refractivity contribution in [3.05, 3.63) is 74.0 Å². The van der Waals surface area contributed by atoms with Gasteiger partial charge in [-0.25, -0.2) is 9.37 Å². The third-order valence-corrected chi connectivity index (χ3v) is 4.10. The van der Waals surface area contributed by atoms with Gasteiger partial charge in [0.05, 0.1) is 12.1 Å². The highest BCUT2D eigenvalue weighted by atomic mass is 79.9. The van der Waals surface area contributed by atoms with Gasteiger partial charge in [0.2, 0.25) is 0 Å². The normalized spacial score (nSPS) is 11.0. The zero-order valence-electron chi connectivity index (χ0n) is 10.7. The summed E-state index contributed by atoms with van der Waals surface area (Å²) in [6, 6.07) is 10.8. The van der Waals surface area contributed by atoms with Crippen LogP contribution in [0.3, 0.4) is 0 Å². The van der Waals surface area contributed by atoms with Gasteiger partial charge in [0.15, 0.2) is 11.0 Å². The summed E-state index contributed by atoms with van der Waals surface area (Å²) in [7, 11) is 0. The number of halogens is 3. The Kier molecular flexibility index (Phi) is 3.78. The van der Waals surface area contributed by atoms with Crippen molar-refractivity contribution in [2.24, 2.45) is 0 Å². The van der Waals surface area contributed by atoms with E-state index in [4.69, 9.17) is 11.6 Å². The first kappa shape index (κ1) is 14.2. The van der Waals surface area contributed by atoms with Crippen LogP contribution in [0.5, 0.6) is 0 Å². The lowest BCUT2D eigenvalue weighted by molar-refractivity contribution is 0.619. The standard InChI is InChI=1S/C15H9BrClFN2O/c16-11-6-12(21)20(8-9-4-2-1-3-5-9)14-10(11)7-19-15(17)13(14)18/h1-7H,8H2. The zero-order chi connectivity index (χ0) is 15.0. The molecule has 0 saturated carbocycles. The molecule has 2 aromatic heterocycles. The SMILES string of the molecule is O=c1cc(Br)c2cnc(Cl)c(F)c2n1Cc1ccccc1. The van der Waals surface area contributed by atoms with Gasteiger partial charge >= 0.3 is 0 Å². The first-order valence-corrected chi connectivity index (χ1v) is 7.32. The van der Waals surface area contributed by atoms with Crippen LogP contribution in [0.1, 0.15) is 5.56 Å². The predicted molar refractivity (Wildman–Crippen MR) is 84.2 cm³/mol. The number of aromatic nitrogens is 2. The van der Waals surface area contributed by atoms with Gasteiger partial charge in [0.1, 0.15) is 0 Å². The van der Waals surface area contributed by atoms with Crippen molar-refractivity contribution >= 4 is 38.4 Å². The smallest absolute Gasteiger partial charge is 0.252 e. The largest absolute Gasteiger partial charge is 0.301 e. The van der Waals surface area contributed by atoms with Crippen molar-refractivity contribution < 1.29 is 4.39 Å². The third-order valence-electron chi connectivity index (χ3n) is 3.18. The average Bonchev–Trinajstić information content (AvgIpc) is 2.47. The van der Waals surface area contributed by atoms with Crippen LogP contribution in [-0.4, -0.2) is 9.55 Å². The molecule has 2 heterocycles. The van der Waals surface area contributed by atoms with E-state index in [9.17, 15) is 9.18 Å². The molecule has 0 amide bonds. The van der Waals surface area contributed by atoms with E-state index >= 15 is 0 Å². The number of hydrogen-bond donors (Lipinski definition) is 0. The monoisotopic (exact) mass is 366 g/mol. The summed E-state index contributed by atoms with van der Waals surface area (Å²) in [5, 5.41) is 0.259. The van der Waals surface area contributed by atoms with E-state index < -0.39 is 5.82 Å². The molecule has 3 rings (SSSR count). The topological polar surface area (TPSA) is 34.9 Å². The summed E-state index contributed by atoms with van der Waals surface area (Å²) in [5.74, 6) is -0.691. The van der Waals surface area contributed by atoms with E-state index in [2.05, 4.69) is 20.9 Å². The number of fused-ring (bicyclic) bond motifs is 1. The van der Waals surface area contributed by atoms with Gasteiger partial charge in [0.25, 0.3) is 5.56 Å². The first-order chi connectivity index (χ1) is 10.1. The fraction of sp³-hybridized carbons (Fsp3) is 0.0667. The fourth-order valence-electron chi connectivity index (χ4n) is 2.19. The van der Waals surface area contributed by atoms with Crippen molar-refractivity contribution in [3.8, 4) is 0 Å². The lowest BCUT2D eigenvalue weighted by atomic mass is 10.2. The van der Waals surface area contributed by atoms with Gasteiger partial charge < -0.3 is 4.57 Å². The fourth-order valence-corrected chi connectivity index (χ4v) is 2.82. The van der Waals surface area contributed by atoms with Gasteiger partial charge in [-0.3, -0.25) is 4.79 Å². The first-order valence-electron chi connectivity index (χ1n) is 6.15. The maximum atomic E-state index is 14.3. The Labute approximate surface area is 133 Å². The highest BCUT2D eigenvalue weighted by molar-refractivity contribution is 9.10. The molecule has 0 fully saturated rings. The Balaban J connectivity index is 2.31. The molecule has 0 spiro atoms. The van der Waals surface area contributed by atoms with Crippen LogP contribution >= 0.6 is 27.5 Å². The lowest BCUT2D eigenvalue weighted by Crippen LogP contribution is -2.21. The quantitative estimate of drug-likeness (QED) is 0.642. The van der Waals surface area contributed by atoms with Crippen LogP contribution in [0.4, 0.5) is 4.39 Å². The van der Waals surface area contributed by atoms with Gasteiger partial charge in [0, 0.05) is 22.1 Å². The maximum absolute atomic E-state index is 14.3. The molecule has 0 radical (unpaired) electrons. The van der Waals surface area contributed by atoms with E-state index in [1.807, 2.05) is 30.3 Å². The Morgan fingerprint density at radius 3 is 2.71 bits per heavy atom. The summed E-state index contributed by atoms with van der Waals surface area (Å²) in [6.07, 6.45) is 1.45. The second kappa shape index (κ2) is 5.58. The maximum Gasteiger partial charge on any atom is 0.252 e. The number of rotatable bonds is 2. The molecule has 6 heteroatoms. The highest BCUT2D eigenvalue weighted by Gasteiger charge is 2.15. The van der Waals surface area contributed by atoms with Crippen LogP contribution in [0.25, 0.3) is 10.9 Å². The minimum absolute atomic E-state index is 0.151. The van der Waals surface area contributed by atoms with E-state index in [-0.39, 0.29) is 22.8 Å². The van der Waals surface area contributed by atoms with Crippen molar-refractivity contribution in [1.82, 2.24) is 9.55 Å². The van der Waals surface area contributed by atoms with E-state index in [1.54, 1.807) is 0 Å². The minimum atomic E-state index is -0.691. The van der Waals surface area contributed by atoms with Crippen LogP contribution in [0.2, 0.25) is 5.15 Å². The molecule has 0 bridgehead atoms. The Morgan fingerprint density at radius 1 is 1.29 bits per heavy atom. The molecule has 0 N–H and O–H groups in total. The predicted octanol–water partition coefficient (Wildman–Crippen LogP) is 4.00. The summed E-state index contributed by atoms with van der Waals surface area (Å²) in [6.45, 7) is 0.265. The Hall–Kier alpha value is -1.72. The summed E-state index contributed by atoms with van der Waals surface area (Å²) >= 11 is 9.01. The molecule has 0 aliphatic heterocycles. The van der Waals surface area contributed by atoms with E-state index in [0.29, 0.717) is 9.86 Å². The van der Waals surface area contributed by atoms with Crippen LogP contribution in [-0.2, 0) is 6.54 Å². The molecule has 0 unspecified atom stereocenters. The molecule has 21 heavy (non-hydrogen) atoms. The number of pyridine rings is 2. The molecule has 3 aromatic rings. The number of benzene rings is 1. The molecule has 0 saturated heterocycles. The second-order valence-corrected chi connectivity index (χ2v) is 5.74. The molecule has 3 nitrogen and oxygen atoms in total. The molecule has 1 aromatic carbocycles. The molecule has 0 aliphatic carbocycles. The van der Waals surface area contributed by atoms with Crippen LogP contribution in [0, 0.1) is 5.82 Å². The molecular formula is C15H9BrClFN2O. The van der Waals surface area contributed by atoms with Crippen molar-refractivity contribution in [2.75, 3.05) is 0 Å². The van der Waals surface area contributed by atoms with Crippen molar-refractivity contribution in [2.45, 2.75) is 6.54 Å². The summed E-state index contributed by atoms with van der Waals surface area (Å²) in [4.78, 5) is 16.0. The number of hydrogen-bond acceptors (Lipinski definition) is 2. The van der Waals surface area contributed by atoms with Crippen LogP contribution < -0.4 is 5.56 Å². The number of nitrogens with zero attached hydrogens (tertiary/aromatic N) is 2. The van der Waals surface area contributed by atoms with E-state index in [0.717, 1.165) is 5.56 Å². The highest BCUT2D eigenvalue weighted by Crippen LogP contribution is 2.27. The molecule has 106 valence electrons. The van der Waals surface area contributed by atoms with Gasteiger partial charge in [-0.2, -0.15) is 0 Å². The lowest BCUT2D eigenvalue weighted by Gasteiger charge is -2.12. The van der Waals surface area contributed by atoms with Gasteiger partial charge in [-0.15, -0.1) is 0 Å². The van der Waals surface area contributed by atoms with Crippen molar-refractivity contribution in [3.63, 3.8) is 0 Å². The van der Waals surface area contributed by atoms with Crippen LogP contribution in [0.15, 0.2) is 51.9 Å². The van der Waals surface area contributed by atoms with Gasteiger partial charge in [-0.05, 0) is 21.5 Å². The molecular weight excluding hydrogens is 359 g/mol. The van der Waals surface area contributed by atoms with Gasteiger partial charge in [-0.1, -0.05) is 41.9 Å². The minimum Gasteiger partial charge on any atom is -0.301 e. The Morgan fingerprint density at radius 2 is 2.00 bits per heavy atom. The molecule has 0 atom stereocenters. The van der Waals surface area contributed by atoms with Crippen molar-refractivity contribution in [1.29, 1.82) is 0 Å². The summed E-state index contributed by atoms with van der Waals surface area (Å²) in [5.41, 5.74) is 0.744. The molecule has 0 aliphatic rings. The zero-order valence-corrected chi connectivity index (χ0v) is 13.0. The Bertz CT molecular complexity index is 880. The summed E-state index contributed by atoms with van der Waals surface area (Å²) < 4.78 is 16.2. The second-order valence-electron chi connectivity index (χ2n) is 4.53.